The van der Waals surface area contributed by atoms with Crippen molar-refractivity contribution < 1.29 is 14.3 Å². The van der Waals surface area contributed by atoms with Gasteiger partial charge in [-0.2, -0.15) is 0 Å². The zero-order valence-corrected chi connectivity index (χ0v) is 13.2. The lowest BCUT2D eigenvalue weighted by Gasteiger charge is -2.28. The maximum Gasteiger partial charge on any atom is 0.337 e. The van der Waals surface area contributed by atoms with Gasteiger partial charge in [0.05, 0.1) is 12.7 Å². The fourth-order valence-electron chi connectivity index (χ4n) is 2.88. The SMILES string of the molecule is COC(=O)c1cccc(NC(=O)CC(C)C2CCCNC2)c1. The summed E-state index contributed by atoms with van der Waals surface area (Å²) < 4.78 is 4.68. The smallest absolute Gasteiger partial charge is 0.337 e. The molecule has 0 aliphatic carbocycles. The summed E-state index contributed by atoms with van der Waals surface area (Å²) in [4.78, 5) is 23.7. The number of piperidine rings is 1. The molecule has 0 saturated carbocycles. The molecule has 1 fully saturated rings. The molecule has 2 N–H and O–H groups in total. The van der Waals surface area contributed by atoms with Crippen molar-refractivity contribution in [1.29, 1.82) is 0 Å². The fraction of sp³-hybridized carbons (Fsp3) is 0.529. The van der Waals surface area contributed by atoms with Crippen molar-refractivity contribution in [2.24, 2.45) is 11.8 Å². The summed E-state index contributed by atoms with van der Waals surface area (Å²) in [5.74, 6) is 0.482. The lowest BCUT2D eigenvalue weighted by molar-refractivity contribution is -0.117. The van der Waals surface area contributed by atoms with Crippen LogP contribution in [0, 0.1) is 11.8 Å². The van der Waals surface area contributed by atoms with Gasteiger partial charge in [0.15, 0.2) is 0 Å². The second-order valence-electron chi connectivity index (χ2n) is 5.91. The number of hydrogen-bond acceptors (Lipinski definition) is 4. The lowest BCUT2D eigenvalue weighted by atomic mass is 9.85. The Morgan fingerprint density at radius 2 is 2.27 bits per heavy atom. The molecule has 22 heavy (non-hydrogen) atoms. The van der Waals surface area contributed by atoms with Gasteiger partial charge in [0.1, 0.15) is 0 Å². The quantitative estimate of drug-likeness (QED) is 0.820. The molecule has 0 radical (unpaired) electrons. The van der Waals surface area contributed by atoms with Crippen molar-refractivity contribution in [2.45, 2.75) is 26.2 Å². The Morgan fingerprint density at radius 3 is 2.95 bits per heavy atom. The number of carbonyl (C=O) groups excluding carboxylic acids is 2. The maximum atomic E-state index is 12.2. The molecule has 1 heterocycles. The molecule has 1 saturated heterocycles. The topological polar surface area (TPSA) is 67.4 Å². The van der Waals surface area contributed by atoms with Crippen LogP contribution in [0.5, 0.6) is 0 Å². The molecule has 5 heteroatoms. The first-order chi connectivity index (χ1) is 10.6. The van der Waals surface area contributed by atoms with Gasteiger partial charge in [0, 0.05) is 12.1 Å². The number of benzene rings is 1. The molecule has 1 amide bonds. The number of methoxy groups -OCH3 is 1. The van der Waals surface area contributed by atoms with Crippen LogP contribution in [0.1, 0.15) is 36.5 Å². The van der Waals surface area contributed by atoms with Crippen LogP contribution in [-0.4, -0.2) is 32.1 Å². The van der Waals surface area contributed by atoms with Crippen LogP contribution in [0.25, 0.3) is 0 Å². The van der Waals surface area contributed by atoms with Crippen molar-refractivity contribution >= 4 is 17.6 Å². The van der Waals surface area contributed by atoms with Crippen LogP contribution in [0.3, 0.4) is 0 Å². The summed E-state index contributed by atoms with van der Waals surface area (Å²) in [6, 6.07) is 6.81. The van der Waals surface area contributed by atoms with Gasteiger partial charge >= 0.3 is 5.97 Å². The first kappa shape index (κ1) is 16.5. The Bertz CT molecular complexity index is 524. The molecule has 120 valence electrons. The van der Waals surface area contributed by atoms with E-state index < -0.39 is 5.97 Å². The maximum absolute atomic E-state index is 12.2. The molecule has 0 spiro atoms. The molecule has 0 aromatic heterocycles. The molecule has 1 aromatic carbocycles. The largest absolute Gasteiger partial charge is 0.465 e. The van der Waals surface area contributed by atoms with Crippen LogP contribution in [0.2, 0.25) is 0 Å². The molecule has 2 unspecified atom stereocenters. The number of ether oxygens (including phenoxy) is 1. The van der Waals surface area contributed by atoms with Gasteiger partial charge in [-0.05, 0) is 56.0 Å². The summed E-state index contributed by atoms with van der Waals surface area (Å²) in [6.07, 6.45) is 2.85. The van der Waals surface area contributed by atoms with Gasteiger partial charge in [-0.3, -0.25) is 4.79 Å². The Kier molecular flexibility index (Phi) is 5.95. The number of anilines is 1. The number of hydrogen-bond donors (Lipinski definition) is 2. The highest BCUT2D eigenvalue weighted by Crippen LogP contribution is 2.23. The number of esters is 1. The van der Waals surface area contributed by atoms with E-state index in [1.165, 1.54) is 20.0 Å². The average molecular weight is 304 g/mol. The highest BCUT2D eigenvalue weighted by molar-refractivity contribution is 5.94. The van der Waals surface area contributed by atoms with E-state index in [0.29, 0.717) is 29.5 Å². The zero-order chi connectivity index (χ0) is 15.9. The number of amides is 1. The minimum absolute atomic E-state index is 0.0138. The van der Waals surface area contributed by atoms with Crippen molar-refractivity contribution in [3.8, 4) is 0 Å². The summed E-state index contributed by atoms with van der Waals surface area (Å²) in [7, 11) is 1.34. The molecule has 0 bridgehead atoms. The van der Waals surface area contributed by atoms with Crippen LogP contribution < -0.4 is 10.6 Å². The first-order valence-electron chi connectivity index (χ1n) is 7.79. The fourth-order valence-corrected chi connectivity index (χ4v) is 2.88. The van der Waals surface area contributed by atoms with E-state index in [0.717, 1.165) is 13.1 Å². The molecule has 1 aliphatic heterocycles. The standard InChI is InChI=1S/C17H24N2O3/c1-12(14-6-4-8-18-11-14)9-16(20)19-15-7-3-5-13(10-15)17(21)22-2/h3,5,7,10,12,14,18H,4,6,8-9,11H2,1-2H3,(H,19,20). The van der Waals surface area contributed by atoms with Crippen molar-refractivity contribution in [1.82, 2.24) is 5.32 Å². The van der Waals surface area contributed by atoms with Gasteiger partial charge in [-0.1, -0.05) is 13.0 Å². The van der Waals surface area contributed by atoms with E-state index >= 15 is 0 Å². The van der Waals surface area contributed by atoms with Gasteiger partial charge in [-0.15, -0.1) is 0 Å². The molecular formula is C17H24N2O3. The number of carbonyl (C=O) groups is 2. The second kappa shape index (κ2) is 7.94. The van der Waals surface area contributed by atoms with E-state index in [2.05, 4.69) is 22.3 Å². The monoisotopic (exact) mass is 304 g/mol. The van der Waals surface area contributed by atoms with Crippen molar-refractivity contribution in [3.63, 3.8) is 0 Å². The van der Waals surface area contributed by atoms with Gasteiger partial charge in [0.25, 0.3) is 0 Å². The summed E-state index contributed by atoms with van der Waals surface area (Å²) in [5.41, 5.74) is 1.06. The Morgan fingerprint density at radius 1 is 1.45 bits per heavy atom. The van der Waals surface area contributed by atoms with Crippen LogP contribution >= 0.6 is 0 Å². The van der Waals surface area contributed by atoms with Crippen molar-refractivity contribution in [3.05, 3.63) is 29.8 Å². The van der Waals surface area contributed by atoms with E-state index in [1.54, 1.807) is 24.3 Å². The third-order valence-corrected chi connectivity index (χ3v) is 4.21. The van der Waals surface area contributed by atoms with E-state index in [9.17, 15) is 9.59 Å². The Labute approximate surface area is 131 Å². The normalized spacial score (nSPS) is 19.3. The number of rotatable bonds is 5. The Balaban J connectivity index is 1.89. The molecule has 2 rings (SSSR count). The minimum atomic E-state index is -0.405. The minimum Gasteiger partial charge on any atom is -0.465 e. The highest BCUT2D eigenvalue weighted by Gasteiger charge is 2.22. The number of nitrogens with one attached hydrogen (secondary N) is 2. The van der Waals surface area contributed by atoms with Gasteiger partial charge in [0.2, 0.25) is 5.91 Å². The molecule has 1 aromatic rings. The molecule has 5 nitrogen and oxygen atoms in total. The average Bonchev–Trinajstić information content (AvgIpc) is 2.55. The van der Waals surface area contributed by atoms with E-state index in [-0.39, 0.29) is 5.91 Å². The zero-order valence-electron chi connectivity index (χ0n) is 13.2. The van der Waals surface area contributed by atoms with Crippen LogP contribution in [0.4, 0.5) is 5.69 Å². The highest BCUT2D eigenvalue weighted by atomic mass is 16.5. The summed E-state index contributed by atoms with van der Waals surface area (Å²) >= 11 is 0. The Hall–Kier alpha value is -1.88. The van der Waals surface area contributed by atoms with Gasteiger partial charge in [-0.25, -0.2) is 4.79 Å². The second-order valence-corrected chi connectivity index (χ2v) is 5.91. The third kappa shape index (κ3) is 4.56. The van der Waals surface area contributed by atoms with Crippen LogP contribution in [-0.2, 0) is 9.53 Å². The molecule has 2 atom stereocenters. The van der Waals surface area contributed by atoms with E-state index in [1.807, 2.05) is 0 Å². The predicted molar refractivity (Wildman–Crippen MR) is 85.8 cm³/mol. The summed E-state index contributed by atoms with van der Waals surface area (Å²) in [5, 5.41) is 6.25. The molecule has 1 aliphatic rings. The predicted octanol–water partition coefficient (Wildman–Crippen LogP) is 2.44. The first-order valence-corrected chi connectivity index (χ1v) is 7.79. The molecular weight excluding hydrogens is 280 g/mol. The third-order valence-electron chi connectivity index (χ3n) is 4.21. The van der Waals surface area contributed by atoms with Gasteiger partial charge < -0.3 is 15.4 Å². The van der Waals surface area contributed by atoms with Crippen LogP contribution in [0.15, 0.2) is 24.3 Å². The van der Waals surface area contributed by atoms with Crippen molar-refractivity contribution in [2.75, 3.05) is 25.5 Å². The summed E-state index contributed by atoms with van der Waals surface area (Å²) in [6.45, 7) is 4.20. The van der Waals surface area contributed by atoms with E-state index in [4.69, 9.17) is 0 Å². The lowest BCUT2D eigenvalue weighted by Crippen LogP contribution is -2.34.